The van der Waals surface area contributed by atoms with Crippen molar-refractivity contribution in [1.82, 2.24) is 4.31 Å². The van der Waals surface area contributed by atoms with Crippen LogP contribution in [0, 0.1) is 20.8 Å². The van der Waals surface area contributed by atoms with Crippen LogP contribution in [0.5, 0.6) is 0 Å². The van der Waals surface area contributed by atoms with Crippen molar-refractivity contribution in [3.8, 4) is 0 Å². The number of anilines is 1. The highest BCUT2D eigenvalue weighted by molar-refractivity contribution is 7.89. The molecule has 2 amide bonds. The highest BCUT2D eigenvalue weighted by atomic mass is 32.2. The Labute approximate surface area is 159 Å². The fourth-order valence-corrected chi connectivity index (χ4v) is 4.81. The first-order valence-corrected chi connectivity index (χ1v) is 10.2. The third-order valence-electron chi connectivity index (χ3n) is 4.90. The van der Waals surface area contributed by atoms with E-state index in [9.17, 15) is 18.0 Å². The molecular formula is C20H22N2O4S. The lowest BCUT2D eigenvalue weighted by atomic mass is 10.1. The molecule has 3 rings (SSSR count). The number of carbonyl (C=O) groups is 2. The summed E-state index contributed by atoms with van der Waals surface area (Å²) in [5.74, 6) is -1.05. The summed E-state index contributed by atoms with van der Waals surface area (Å²) < 4.78 is 26.9. The summed E-state index contributed by atoms with van der Waals surface area (Å²) >= 11 is 0. The van der Waals surface area contributed by atoms with Gasteiger partial charge in [0.15, 0.2) is 0 Å². The van der Waals surface area contributed by atoms with Crippen LogP contribution < -0.4 is 5.32 Å². The van der Waals surface area contributed by atoms with Gasteiger partial charge < -0.3 is 5.32 Å². The molecule has 1 aliphatic rings. The van der Waals surface area contributed by atoms with Gasteiger partial charge in [-0.15, -0.1) is 0 Å². The van der Waals surface area contributed by atoms with Gasteiger partial charge in [-0.3, -0.25) is 9.59 Å². The summed E-state index contributed by atoms with van der Waals surface area (Å²) in [6, 6.07) is 10.9. The summed E-state index contributed by atoms with van der Waals surface area (Å²) in [5, 5.41) is 2.75. The lowest BCUT2D eigenvalue weighted by molar-refractivity contribution is -0.128. The number of hydrogen-bond acceptors (Lipinski definition) is 4. The van der Waals surface area contributed by atoms with Crippen LogP contribution in [-0.2, 0) is 19.6 Å². The number of hydrogen-bond donors (Lipinski definition) is 1. The van der Waals surface area contributed by atoms with Gasteiger partial charge in [0, 0.05) is 12.1 Å². The Hall–Kier alpha value is -2.67. The number of sulfonamides is 1. The van der Waals surface area contributed by atoms with E-state index in [-0.39, 0.29) is 17.7 Å². The van der Waals surface area contributed by atoms with Crippen molar-refractivity contribution in [1.29, 1.82) is 0 Å². The number of amides is 2. The fourth-order valence-electron chi connectivity index (χ4n) is 3.12. The van der Waals surface area contributed by atoms with E-state index in [2.05, 4.69) is 5.32 Å². The molecule has 6 nitrogen and oxygen atoms in total. The Balaban J connectivity index is 1.92. The number of carbonyl (C=O) groups excluding carboxylic acids is 2. The number of para-hydroxylation sites is 1. The van der Waals surface area contributed by atoms with Crippen LogP contribution >= 0.6 is 0 Å². The molecule has 2 aromatic carbocycles. The predicted octanol–water partition coefficient (Wildman–Crippen LogP) is 2.93. The lowest BCUT2D eigenvalue weighted by Crippen LogP contribution is -2.45. The number of benzene rings is 2. The van der Waals surface area contributed by atoms with Crippen LogP contribution in [-0.4, -0.2) is 30.6 Å². The molecule has 1 saturated heterocycles. The van der Waals surface area contributed by atoms with Crippen LogP contribution in [0.2, 0.25) is 0 Å². The third-order valence-corrected chi connectivity index (χ3v) is 6.73. The van der Waals surface area contributed by atoms with Gasteiger partial charge in [0.2, 0.25) is 11.8 Å². The molecule has 1 aliphatic heterocycles. The zero-order valence-electron chi connectivity index (χ0n) is 15.5. The lowest BCUT2D eigenvalue weighted by Gasteiger charge is -2.24. The van der Waals surface area contributed by atoms with E-state index >= 15 is 0 Å². The van der Waals surface area contributed by atoms with Crippen molar-refractivity contribution in [2.24, 2.45) is 0 Å². The molecule has 1 unspecified atom stereocenters. The van der Waals surface area contributed by atoms with Crippen molar-refractivity contribution in [3.63, 3.8) is 0 Å². The van der Waals surface area contributed by atoms with E-state index in [1.807, 2.05) is 32.9 Å². The van der Waals surface area contributed by atoms with Gasteiger partial charge in [0.25, 0.3) is 10.0 Å². The molecule has 1 N–H and O–H groups in total. The normalized spacial score (nSPS) is 17.2. The zero-order chi connectivity index (χ0) is 19.8. The third kappa shape index (κ3) is 3.60. The standard InChI is InChI=1S/C20H22N2O4S/c1-13-8-9-16(12-15(13)3)27(25,26)22-18(10-11-19(22)23)20(24)21-17-7-5-4-6-14(17)2/h4-9,12,18H,10-11H2,1-3H3,(H,21,24). The van der Waals surface area contributed by atoms with E-state index in [1.54, 1.807) is 18.2 Å². The molecule has 0 saturated carbocycles. The second-order valence-corrected chi connectivity index (χ2v) is 8.61. The molecule has 7 heteroatoms. The zero-order valence-corrected chi connectivity index (χ0v) is 16.3. The molecule has 0 aliphatic carbocycles. The van der Waals surface area contributed by atoms with Gasteiger partial charge in [-0.25, -0.2) is 12.7 Å². The van der Waals surface area contributed by atoms with E-state index in [0.717, 1.165) is 21.0 Å². The van der Waals surface area contributed by atoms with E-state index in [4.69, 9.17) is 0 Å². The summed E-state index contributed by atoms with van der Waals surface area (Å²) in [4.78, 5) is 25.1. The Bertz CT molecular complexity index is 1010. The summed E-state index contributed by atoms with van der Waals surface area (Å²) in [6.07, 6.45) is 0.191. The molecule has 0 radical (unpaired) electrons. The van der Waals surface area contributed by atoms with Crippen LogP contribution in [0.1, 0.15) is 29.5 Å². The number of nitrogens with one attached hydrogen (secondary N) is 1. The molecule has 0 bridgehead atoms. The quantitative estimate of drug-likeness (QED) is 0.876. The number of rotatable bonds is 4. The summed E-state index contributed by atoms with van der Waals surface area (Å²) in [5.41, 5.74) is 3.23. The van der Waals surface area contributed by atoms with Gasteiger partial charge in [-0.2, -0.15) is 0 Å². The topological polar surface area (TPSA) is 83.6 Å². The van der Waals surface area contributed by atoms with E-state index < -0.39 is 27.9 Å². The Morgan fingerprint density at radius 3 is 2.41 bits per heavy atom. The van der Waals surface area contributed by atoms with Crippen molar-refractivity contribution in [3.05, 3.63) is 59.2 Å². The first-order chi connectivity index (χ1) is 12.7. The van der Waals surface area contributed by atoms with Gasteiger partial charge >= 0.3 is 0 Å². The summed E-state index contributed by atoms with van der Waals surface area (Å²) in [7, 11) is -4.10. The number of nitrogens with zero attached hydrogens (tertiary/aromatic N) is 1. The molecule has 1 heterocycles. The van der Waals surface area contributed by atoms with Gasteiger partial charge in [0.05, 0.1) is 4.90 Å². The maximum Gasteiger partial charge on any atom is 0.267 e. The first kappa shape index (κ1) is 19.1. The molecule has 1 atom stereocenters. The number of aryl methyl sites for hydroxylation is 3. The molecular weight excluding hydrogens is 364 g/mol. The maximum atomic E-state index is 13.1. The fraction of sp³-hybridized carbons (Fsp3) is 0.300. The maximum absolute atomic E-state index is 13.1. The minimum atomic E-state index is -4.10. The van der Waals surface area contributed by atoms with Crippen molar-refractivity contribution in [2.45, 2.75) is 44.6 Å². The molecule has 27 heavy (non-hydrogen) atoms. The van der Waals surface area contributed by atoms with Crippen molar-refractivity contribution < 1.29 is 18.0 Å². The minimum Gasteiger partial charge on any atom is -0.324 e. The highest BCUT2D eigenvalue weighted by Crippen LogP contribution is 2.29. The molecule has 0 spiro atoms. The van der Waals surface area contributed by atoms with Crippen molar-refractivity contribution in [2.75, 3.05) is 5.32 Å². The molecule has 1 fully saturated rings. The van der Waals surface area contributed by atoms with Crippen LogP contribution in [0.25, 0.3) is 0 Å². The Morgan fingerprint density at radius 2 is 1.74 bits per heavy atom. The van der Waals surface area contributed by atoms with Gasteiger partial charge in [-0.05, 0) is 62.1 Å². The monoisotopic (exact) mass is 386 g/mol. The smallest absolute Gasteiger partial charge is 0.267 e. The van der Waals surface area contributed by atoms with Crippen LogP contribution in [0.4, 0.5) is 5.69 Å². The van der Waals surface area contributed by atoms with Gasteiger partial charge in [-0.1, -0.05) is 24.3 Å². The first-order valence-electron chi connectivity index (χ1n) is 8.73. The van der Waals surface area contributed by atoms with Crippen molar-refractivity contribution >= 4 is 27.5 Å². The Morgan fingerprint density at radius 1 is 1.04 bits per heavy atom. The highest BCUT2D eigenvalue weighted by Gasteiger charge is 2.44. The largest absolute Gasteiger partial charge is 0.324 e. The van der Waals surface area contributed by atoms with Crippen LogP contribution in [0.15, 0.2) is 47.4 Å². The summed E-state index contributed by atoms with van der Waals surface area (Å²) in [6.45, 7) is 5.53. The average Bonchev–Trinajstić information content (AvgIpc) is 3.01. The molecule has 142 valence electrons. The molecule has 0 aromatic heterocycles. The minimum absolute atomic E-state index is 0.0227. The molecule has 2 aromatic rings. The second kappa shape index (κ2) is 7.15. The second-order valence-electron chi connectivity index (χ2n) is 6.80. The Kier molecular flexibility index (Phi) is 5.06. The predicted molar refractivity (Wildman–Crippen MR) is 103 cm³/mol. The van der Waals surface area contributed by atoms with Gasteiger partial charge in [0.1, 0.15) is 6.04 Å². The average molecular weight is 386 g/mol. The van der Waals surface area contributed by atoms with E-state index in [0.29, 0.717) is 5.69 Å². The SMILES string of the molecule is Cc1ccc(S(=O)(=O)N2C(=O)CCC2C(=O)Nc2ccccc2C)cc1C. The van der Waals surface area contributed by atoms with E-state index in [1.165, 1.54) is 12.1 Å². The van der Waals surface area contributed by atoms with Crippen LogP contribution in [0.3, 0.4) is 0 Å².